The van der Waals surface area contributed by atoms with Crippen molar-refractivity contribution in [2.45, 2.75) is 91.4 Å². The van der Waals surface area contributed by atoms with Crippen molar-refractivity contribution in [3.63, 3.8) is 0 Å². The largest absolute Gasteiger partial charge is 0.332 e. The Balaban J connectivity index is 3.67. The van der Waals surface area contributed by atoms with Gasteiger partial charge in [0.05, 0.1) is 19.8 Å². The Morgan fingerprint density at radius 3 is 1.24 bits per heavy atom. The lowest BCUT2D eigenvalue weighted by Gasteiger charge is -2.16. The molecule has 0 spiro atoms. The van der Waals surface area contributed by atoms with E-state index in [1.165, 1.54) is 51.4 Å². The van der Waals surface area contributed by atoms with Crippen molar-refractivity contribution in [3.05, 3.63) is 0 Å². The van der Waals surface area contributed by atoms with Crippen LogP contribution in [0.25, 0.3) is 0 Å². The van der Waals surface area contributed by atoms with E-state index in [-0.39, 0.29) is 0 Å². The van der Waals surface area contributed by atoms with Gasteiger partial charge in [-0.2, -0.15) is 0 Å². The molecule has 0 aromatic heterocycles. The van der Waals surface area contributed by atoms with E-state index in [9.17, 15) is 0 Å². The molecule has 21 heavy (non-hydrogen) atoms. The first-order valence-electron chi connectivity index (χ1n) is 9.04. The molecule has 0 atom stereocenters. The third kappa shape index (κ3) is 16.5. The maximum atomic E-state index is 5.80. The standard InChI is InChI=1S/C17H37O3P/c1-4-7-10-11-14-17-20-21(18-15-12-8-5-2)19-16-13-9-6-3/h4-17H2,1-3H3. The summed E-state index contributed by atoms with van der Waals surface area (Å²) in [4.78, 5) is 0. The predicted molar refractivity (Wildman–Crippen MR) is 92.6 cm³/mol. The predicted octanol–water partition coefficient (Wildman–Crippen LogP) is 6.61. The number of unbranched alkanes of at least 4 members (excludes halogenated alkanes) is 8. The van der Waals surface area contributed by atoms with Gasteiger partial charge in [-0.3, -0.25) is 0 Å². The van der Waals surface area contributed by atoms with Crippen molar-refractivity contribution in [1.29, 1.82) is 0 Å². The second kappa shape index (κ2) is 18.4. The van der Waals surface area contributed by atoms with E-state index in [1.807, 2.05) is 0 Å². The normalized spacial score (nSPS) is 11.4. The molecule has 0 aromatic rings. The third-order valence-corrected chi connectivity index (χ3v) is 4.51. The van der Waals surface area contributed by atoms with Gasteiger partial charge in [-0.15, -0.1) is 0 Å². The molecule has 0 saturated heterocycles. The van der Waals surface area contributed by atoms with Crippen molar-refractivity contribution in [2.24, 2.45) is 0 Å². The summed E-state index contributed by atoms with van der Waals surface area (Å²) in [6.07, 6.45) is 13.4. The first-order valence-corrected chi connectivity index (χ1v) is 10.1. The fourth-order valence-electron chi connectivity index (χ4n) is 1.94. The summed E-state index contributed by atoms with van der Waals surface area (Å²) in [6, 6.07) is 0. The minimum absolute atomic E-state index is 0.767. The van der Waals surface area contributed by atoms with Gasteiger partial charge in [-0.1, -0.05) is 72.1 Å². The first-order chi connectivity index (χ1) is 10.3. The molecule has 0 radical (unpaired) electrons. The topological polar surface area (TPSA) is 27.7 Å². The second-order valence-electron chi connectivity index (χ2n) is 5.55. The van der Waals surface area contributed by atoms with Gasteiger partial charge in [0, 0.05) is 0 Å². The summed E-state index contributed by atoms with van der Waals surface area (Å²) < 4.78 is 17.3. The SMILES string of the molecule is CCCCCCCOP(OCCCCC)OCCCCC. The monoisotopic (exact) mass is 320 g/mol. The average molecular weight is 320 g/mol. The van der Waals surface area contributed by atoms with Gasteiger partial charge in [0.25, 0.3) is 0 Å². The van der Waals surface area contributed by atoms with Crippen LogP contribution in [-0.2, 0) is 13.6 Å². The summed E-state index contributed by atoms with van der Waals surface area (Å²) >= 11 is 0. The first kappa shape index (κ1) is 21.3. The van der Waals surface area contributed by atoms with Gasteiger partial charge in [0.2, 0.25) is 0 Å². The molecule has 0 N–H and O–H groups in total. The summed E-state index contributed by atoms with van der Waals surface area (Å²) in [5.41, 5.74) is 0. The molecule has 0 aliphatic heterocycles. The van der Waals surface area contributed by atoms with Crippen LogP contribution >= 0.6 is 8.60 Å². The number of hydrogen-bond donors (Lipinski definition) is 0. The Kier molecular flexibility index (Phi) is 18.6. The zero-order valence-electron chi connectivity index (χ0n) is 14.6. The lowest BCUT2D eigenvalue weighted by molar-refractivity contribution is 0.154. The molecular formula is C17H37O3P. The molecule has 0 bridgehead atoms. The van der Waals surface area contributed by atoms with Gasteiger partial charge >= 0.3 is 8.60 Å². The molecule has 3 nitrogen and oxygen atoms in total. The highest BCUT2D eigenvalue weighted by Crippen LogP contribution is 2.40. The van der Waals surface area contributed by atoms with E-state index < -0.39 is 8.60 Å². The molecule has 0 heterocycles. The molecule has 0 aliphatic rings. The number of rotatable bonds is 17. The maximum Gasteiger partial charge on any atom is 0.332 e. The fraction of sp³-hybridized carbons (Fsp3) is 1.00. The summed E-state index contributed by atoms with van der Waals surface area (Å²) in [6.45, 7) is 8.96. The highest BCUT2D eigenvalue weighted by atomic mass is 31.2. The number of hydrogen-bond acceptors (Lipinski definition) is 3. The van der Waals surface area contributed by atoms with Crippen LogP contribution in [0, 0.1) is 0 Å². The minimum Gasteiger partial charge on any atom is -0.312 e. The third-order valence-electron chi connectivity index (χ3n) is 3.33. The van der Waals surface area contributed by atoms with Crippen molar-refractivity contribution in [3.8, 4) is 0 Å². The molecule has 0 unspecified atom stereocenters. The molecule has 0 aromatic carbocycles. The smallest absolute Gasteiger partial charge is 0.312 e. The Hall–Kier alpha value is 0.310. The van der Waals surface area contributed by atoms with Crippen LogP contribution in [0.3, 0.4) is 0 Å². The van der Waals surface area contributed by atoms with Gasteiger partial charge in [-0.05, 0) is 19.3 Å². The molecular weight excluding hydrogens is 283 g/mol. The quantitative estimate of drug-likeness (QED) is 0.223. The Morgan fingerprint density at radius 1 is 0.476 bits per heavy atom. The minimum atomic E-state index is -1.12. The van der Waals surface area contributed by atoms with Gasteiger partial charge in [-0.25, -0.2) is 0 Å². The summed E-state index contributed by atoms with van der Waals surface area (Å²) in [5, 5.41) is 0. The zero-order chi connectivity index (χ0) is 15.6. The highest BCUT2D eigenvalue weighted by molar-refractivity contribution is 7.41. The van der Waals surface area contributed by atoms with Crippen LogP contribution in [0.15, 0.2) is 0 Å². The lowest BCUT2D eigenvalue weighted by atomic mass is 10.2. The highest BCUT2D eigenvalue weighted by Gasteiger charge is 2.11. The van der Waals surface area contributed by atoms with Crippen LogP contribution in [0.4, 0.5) is 0 Å². The van der Waals surface area contributed by atoms with Crippen LogP contribution < -0.4 is 0 Å². The molecule has 4 heteroatoms. The van der Waals surface area contributed by atoms with E-state index in [4.69, 9.17) is 13.6 Å². The van der Waals surface area contributed by atoms with Gasteiger partial charge < -0.3 is 13.6 Å². The molecule has 128 valence electrons. The Bertz CT molecular complexity index is 179. The molecule has 0 aliphatic carbocycles. The Morgan fingerprint density at radius 2 is 0.810 bits per heavy atom. The van der Waals surface area contributed by atoms with E-state index >= 15 is 0 Å². The van der Waals surface area contributed by atoms with Gasteiger partial charge in [0.1, 0.15) is 0 Å². The van der Waals surface area contributed by atoms with Crippen molar-refractivity contribution in [1.82, 2.24) is 0 Å². The van der Waals surface area contributed by atoms with Gasteiger partial charge in [0.15, 0.2) is 0 Å². The lowest BCUT2D eigenvalue weighted by Crippen LogP contribution is -2.00. The molecule has 0 amide bonds. The van der Waals surface area contributed by atoms with E-state index in [0.717, 1.165) is 39.1 Å². The van der Waals surface area contributed by atoms with Crippen LogP contribution in [0.2, 0.25) is 0 Å². The molecule has 0 fully saturated rings. The van der Waals surface area contributed by atoms with Crippen molar-refractivity contribution in [2.75, 3.05) is 19.8 Å². The fourth-order valence-corrected chi connectivity index (χ4v) is 3.00. The van der Waals surface area contributed by atoms with E-state index in [1.54, 1.807) is 0 Å². The maximum absolute atomic E-state index is 5.80. The zero-order valence-corrected chi connectivity index (χ0v) is 15.5. The molecule has 0 saturated carbocycles. The summed E-state index contributed by atoms with van der Waals surface area (Å²) in [5.74, 6) is 0. The van der Waals surface area contributed by atoms with Crippen LogP contribution in [0.1, 0.15) is 91.4 Å². The molecule has 0 rings (SSSR count). The average Bonchev–Trinajstić information content (AvgIpc) is 2.50. The van der Waals surface area contributed by atoms with Crippen LogP contribution in [-0.4, -0.2) is 19.8 Å². The van der Waals surface area contributed by atoms with E-state index in [2.05, 4.69) is 20.8 Å². The van der Waals surface area contributed by atoms with Crippen molar-refractivity contribution >= 4 is 8.60 Å². The van der Waals surface area contributed by atoms with Crippen molar-refractivity contribution < 1.29 is 13.6 Å². The second-order valence-corrected chi connectivity index (χ2v) is 6.77. The Labute approximate surface area is 134 Å². The summed E-state index contributed by atoms with van der Waals surface area (Å²) in [7, 11) is -1.12. The van der Waals surface area contributed by atoms with E-state index in [0.29, 0.717) is 0 Å². The van der Waals surface area contributed by atoms with Crippen LogP contribution in [0.5, 0.6) is 0 Å².